The minimum atomic E-state index is 1.05. The maximum atomic E-state index is 4.10. The average molecular weight is 150 g/mol. The smallest absolute Gasteiger partial charge is 0.116 e. The number of hydrogen-bond acceptors (Lipinski definition) is 3. The molecule has 0 radical (unpaired) electrons. The quantitative estimate of drug-likeness (QED) is 0.574. The third-order valence-electron chi connectivity index (χ3n) is 1.47. The summed E-state index contributed by atoms with van der Waals surface area (Å²) >= 11 is 1.72. The number of fused-ring (bicyclic) bond motifs is 1. The summed E-state index contributed by atoms with van der Waals surface area (Å²) in [6.07, 6.45) is 3.43. The zero-order valence-corrected chi connectivity index (χ0v) is 6.35. The topological polar surface area (TPSA) is 25.8 Å². The van der Waals surface area contributed by atoms with Crippen LogP contribution in [0.2, 0.25) is 0 Å². The first-order valence-electron chi connectivity index (χ1n) is 3.02. The van der Waals surface area contributed by atoms with E-state index in [0.717, 1.165) is 5.52 Å². The largest absolute Gasteiger partial charge is 0.244 e. The van der Waals surface area contributed by atoms with Crippen molar-refractivity contribution in [1.82, 2.24) is 9.97 Å². The summed E-state index contributed by atoms with van der Waals surface area (Å²) in [5.41, 5.74) is 1.05. The third-order valence-corrected chi connectivity index (χ3v) is 2.38. The van der Waals surface area contributed by atoms with Crippen molar-refractivity contribution in [2.45, 2.75) is 6.92 Å². The molecule has 0 bridgehead atoms. The lowest BCUT2D eigenvalue weighted by Gasteiger charge is -1.85. The Morgan fingerprint density at radius 1 is 1.50 bits per heavy atom. The van der Waals surface area contributed by atoms with Crippen molar-refractivity contribution >= 4 is 22.2 Å². The van der Waals surface area contributed by atoms with Crippen molar-refractivity contribution in [3.05, 3.63) is 22.8 Å². The monoisotopic (exact) mass is 150 g/mol. The van der Waals surface area contributed by atoms with Crippen LogP contribution in [0.25, 0.3) is 10.9 Å². The fourth-order valence-electron chi connectivity index (χ4n) is 0.912. The summed E-state index contributed by atoms with van der Waals surface area (Å²) in [5.74, 6) is 0. The summed E-state index contributed by atoms with van der Waals surface area (Å²) in [4.78, 5) is 9.33. The van der Waals surface area contributed by atoms with Crippen LogP contribution in [0.5, 0.6) is 0 Å². The highest BCUT2D eigenvalue weighted by atomic mass is 32.1. The van der Waals surface area contributed by atoms with Crippen LogP contribution in [-0.4, -0.2) is 9.97 Å². The van der Waals surface area contributed by atoms with E-state index in [0.29, 0.717) is 0 Å². The van der Waals surface area contributed by atoms with Crippen LogP contribution < -0.4 is 0 Å². The zero-order chi connectivity index (χ0) is 6.97. The van der Waals surface area contributed by atoms with E-state index in [-0.39, 0.29) is 0 Å². The highest BCUT2D eigenvalue weighted by Crippen LogP contribution is 2.20. The Morgan fingerprint density at radius 3 is 3.20 bits per heavy atom. The second kappa shape index (κ2) is 2.02. The van der Waals surface area contributed by atoms with Gasteiger partial charge in [0.15, 0.2) is 0 Å². The van der Waals surface area contributed by atoms with E-state index in [9.17, 15) is 0 Å². The SMILES string of the molecule is Cc1scc2ncncc12. The number of nitrogens with zero attached hydrogens (tertiary/aromatic N) is 2. The summed E-state index contributed by atoms with van der Waals surface area (Å²) in [6.45, 7) is 2.08. The van der Waals surface area contributed by atoms with Crippen LogP contribution in [0.3, 0.4) is 0 Å². The molecule has 0 spiro atoms. The van der Waals surface area contributed by atoms with E-state index < -0.39 is 0 Å². The lowest BCUT2D eigenvalue weighted by atomic mass is 10.3. The van der Waals surface area contributed by atoms with E-state index in [4.69, 9.17) is 0 Å². The van der Waals surface area contributed by atoms with Gasteiger partial charge in [-0.3, -0.25) is 0 Å². The second-order valence-corrected chi connectivity index (χ2v) is 3.20. The molecule has 2 aromatic heterocycles. The zero-order valence-electron chi connectivity index (χ0n) is 5.53. The predicted octanol–water partition coefficient (Wildman–Crippen LogP) is 2.00. The number of rotatable bonds is 0. The molecule has 0 unspecified atom stereocenters. The van der Waals surface area contributed by atoms with Gasteiger partial charge in [0.2, 0.25) is 0 Å². The van der Waals surface area contributed by atoms with Crippen molar-refractivity contribution in [3.63, 3.8) is 0 Å². The molecule has 50 valence electrons. The molecule has 0 atom stereocenters. The summed E-state index contributed by atoms with van der Waals surface area (Å²) in [7, 11) is 0. The van der Waals surface area contributed by atoms with Crippen LogP contribution in [0, 0.1) is 6.92 Å². The standard InChI is InChI=1S/C7H6N2S/c1-5-6-2-8-4-9-7(6)3-10-5/h2-4H,1H3. The van der Waals surface area contributed by atoms with E-state index in [1.54, 1.807) is 17.7 Å². The Labute approximate surface area is 62.6 Å². The number of aromatic nitrogens is 2. The molecule has 10 heavy (non-hydrogen) atoms. The summed E-state index contributed by atoms with van der Waals surface area (Å²) < 4.78 is 0. The lowest BCUT2D eigenvalue weighted by molar-refractivity contribution is 1.23. The molecule has 0 N–H and O–H groups in total. The third kappa shape index (κ3) is 0.708. The fourth-order valence-corrected chi connectivity index (χ4v) is 1.67. The van der Waals surface area contributed by atoms with E-state index >= 15 is 0 Å². The molecule has 0 fully saturated rings. The molecule has 2 nitrogen and oxygen atoms in total. The molecule has 2 heterocycles. The molecule has 0 aliphatic rings. The van der Waals surface area contributed by atoms with Crippen LogP contribution >= 0.6 is 11.3 Å². The van der Waals surface area contributed by atoms with Crippen molar-refractivity contribution in [1.29, 1.82) is 0 Å². The molecule has 2 rings (SSSR count). The van der Waals surface area contributed by atoms with Gasteiger partial charge in [0.05, 0.1) is 5.52 Å². The molecule has 0 aliphatic heterocycles. The van der Waals surface area contributed by atoms with Crippen molar-refractivity contribution < 1.29 is 0 Å². The molecular weight excluding hydrogens is 144 g/mol. The van der Waals surface area contributed by atoms with Gasteiger partial charge in [-0.15, -0.1) is 11.3 Å². The Kier molecular flexibility index (Phi) is 1.17. The fraction of sp³-hybridized carbons (Fsp3) is 0.143. The van der Waals surface area contributed by atoms with E-state index in [2.05, 4.69) is 16.9 Å². The Balaban J connectivity index is 2.93. The van der Waals surface area contributed by atoms with Gasteiger partial charge in [0.1, 0.15) is 6.33 Å². The first-order valence-corrected chi connectivity index (χ1v) is 3.90. The van der Waals surface area contributed by atoms with Gasteiger partial charge in [-0.2, -0.15) is 0 Å². The molecule has 2 aromatic rings. The first-order chi connectivity index (χ1) is 4.88. The van der Waals surface area contributed by atoms with Crippen LogP contribution in [0.4, 0.5) is 0 Å². The summed E-state index contributed by atoms with van der Waals surface area (Å²) in [5, 5.41) is 3.22. The van der Waals surface area contributed by atoms with Crippen molar-refractivity contribution in [2.24, 2.45) is 0 Å². The van der Waals surface area contributed by atoms with Gasteiger partial charge < -0.3 is 0 Å². The Morgan fingerprint density at radius 2 is 2.40 bits per heavy atom. The first kappa shape index (κ1) is 5.80. The number of thiophene rings is 1. The Bertz CT molecular complexity index is 353. The average Bonchev–Trinajstić information content (AvgIpc) is 2.34. The molecule has 0 aromatic carbocycles. The molecular formula is C7H6N2S. The maximum Gasteiger partial charge on any atom is 0.116 e. The van der Waals surface area contributed by atoms with Crippen LogP contribution in [-0.2, 0) is 0 Å². The van der Waals surface area contributed by atoms with Crippen molar-refractivity contribution in [3.8, 4) is 0 Å². The van der Waals surface area contributed by atoms with Gasteiger partial charge >= 0.3 is 0 Å². The van der Waals surface area contributed by atoms with Crippen LogP contribution in [0.15, 0.2) is 17.9 Å². The minimum Gasteiger partial charge on any atom is -0.244 e. The molecule has 0 aliphatic carbocycles. The molecule has 0 amide bonds. The highest BCUT2D eigenvalue weighted by Gasteiger charge is 1.97. The Hall–Kier alpha value is -0.960. The summed E-state index contributed by atoms with van der Waals surface area (Å²) in [6, 6.07) is 0. The second-order valence-electron chi connectivity index (χ2n) is 2.11. The van der Waals surface area contributed by atoms with Gasteiger partial charge in [0, 0.05) is 21.8 Å². The van der Waals surface area contributed by atoms with Gasteiger partial charge in [-0.05, 0) is 6.92 Å². The molecule has 0 saturated heterocycles. The number of hydrogen-bond donors (Lipinski definition) is 0. The number of aryl methyl sites for hydroxylation is 1. The van der Waals surface area contributed by atoms with Crippen molar-refractivity contribution in [2.75, 3.05) is 0 Å². The van der Waals surface area contributed by atoms with E-state index in [1.165, 1.54) is 10.3 Å². The highest BCUT2D eigenvalue weighted by molar-refractivity contribution is 7.11. The van der Waals surface area contributed by atoms with Gasteiger partial charge in [0.25, 0.3) is 0 Å². The van der Waals surface area contributed by atoms with Gasteiger partial charge in [-0.25, -0.2) is 9.97 Å². The van der Waals surface area contributed by atoms with Gasteiger partial charge in [-0.1, -0.05) is 0 Å². The van der Waals surface area contributed by atoms with Crippen LogP contribution in [0.1, 0.15) is 4.88 Å². The minimum absolute atomic E-state index is 1.05. The molecule has 3 heteroatoms. The predicted molar refractivity (Wildman–Crippen MR) is 42.2 cm³/mol. The van der Waals surface area contributed by atoms with E-state index in [1.807, 2.05) is 11.6 Å². The normalized spacial score (nSPS) is 10.5. The molecule has 0 saturated carbocycles. The lowest BCUT2D eigenvalue weighted by Crippen LogP contribution is -1.75. The maximum absolute atomic E-state index is 4.10.